The van der Waals surface area contributed by atoms with E-state index < -0.39 is 5.54 Å². The first-order valence-corrected chi connectivity index (χ1v) is 8.32. The van der Waals surface area contributed by atoms with Crippen LogP contribution in [0.2, 0.25) is 0 Å². The Kier molecular flexibility index (Phi) is 4.83. The van der Waals surface area contributed by atoms with Crippen molar-refractivity contribution in [2.75, 3.05) is 20.3 Å². The third-order valence-electron chi connectivity index (χ3n) is 4.24. The third kappa shape index (κ3) is 4.05. The summed E-state index contributed by atoms with van der Waals surface area (Å²) in [5.41, 5.74) is 1.40. The van der Waals surface area contributed by atoms with Crippen LogP contribution in [-0.2, 0) is 16.8 Å². The molecule has 0 bridgehead atoms. The van der Waals surface area contributed by atoms with Gasteiger partial charge in [-0.15, -0.1) is 0 Å². The topological polar surface area (TPSA) is 56.8 Å². The highest BCUT2D eigenvalue weighted by molar-refractivity contribution is 5.79. The van der Waals surface area contributed by atoms with Crippen LogP contribution in [0.4, 0.5) is 0 Å². The second-order valence-electron chi connectivity index (χ2n) is 6.56. The quantitative estimate of drug-likeness (QED) is 0.908. The summed E-state index contributed by atoms with van der Waals surface area (Å²) < 4.78 is 16.3. The molecule has 0 saturated carbocycles. The number of rotatable bonds is 5. The van der Waals surface area contributed by atoms with Gasteiger partial charge >= 0.3 is 0 Å². The van der Waals surface area contributed by atoms with Crippen molar-refractivity contribution in [2.45, 2.75) is 25.8 Å². The molecule has 1 aliphatic rings. The summed E-state index contributed by atoms with van der Waals surface area (Å²) in [4.78, 5) is 12.4. The van der Waals surface area contributed by atoms with E-state index in [9.17, 15) is 4.79 Å². The summed E-state index contributed by atoms with van der Waals surface area (Å²) in [6.07, 6.45) is 0.317. The molecule has 5 nitrogen and oxygen atoms in total. The Hall–Kier alpha value is -2.69. The summed E-state index contributed by atoms with van der Waals surface area (Å²) in [7, 11) is 1.62. The van der Waals surface area contributed by atoms with Crippen LogP contribution in [0, 0.1) is 0 Å². The molecule has 0 radical (unpaired) electrons. The fourth-order valence-corrected chi connectivity index (χ4v) is 2.83. The summed E-state index contributed by atoms with van der Waals surface area (Å²) in [5, 5.41) is 3.09. The van der Waals surface area contributed by atoms with Gasteiger partial charge in [0.2, 0.25) is 5.91 Å². The van der Waals surface area contributed by atoms with Crippen molar-refractivity contribution in [3.05, 3.63) is 53.6 Å². The first-order chi connectivity index (χ1) is 12.0. The molecule has 1 amide bonds. The average Bonchev–Trinajstić information content (AvgIpc) is 2.61. The molecule has 1 aliphatic heterocycles. The highest BCUT2D eigenvalue weighted by atomic mass is 16.6. The molecule has 3 rings (SSSR count). The molecule has 0 aliphatic carbocycles. The number of carbonyl (C=O) groups excluding carboxylic acids is 1. The molecule has 132 valence electrons. The molecule has 2 aromatic rings. The minimum Gasteiger partial charge on any atom is -0.497 e. The van der Waals surface area contributed by atoms with E-state index in [1.165, 1.54) is 0 Å². The molecular weight excluding hydrogens is 318 g/mol. The highest BCUT2D eigenvalue weighted by Gasteiger charge is 2.25. The Morgan fingerprint density at radius 3 is 2.44 bits per heavy atom. The molecule has 5 heteroatoms. The van der Waals surface area contributed by atoms with Crippen molar-refractivity contribution in [2.24, 2.45) is 0 Å². The monoisotopic (exact) mass is 341 g/mol. The normalized spacial score (nSPS) is 13.2. The van der Waals surface area contributed by atoms with Crippen molar-refractivity contribution in [3.63, 3.8) is 0 Å². The zero-order valence-electron chi connectivity index (χ0n) is 14.8. The number of amides is 1. The van der Waals surface area contributed by atoms with Crippen LogP contribution in [0.3, 0.4) is 0 Å². The molecule has 0 spiro atoms. The van der Waals surface area contributed by atoms with Crippen molar-refractivity contribution >= 4 is 5.91 Å². The maximum atomic E-state index is 12.4. The number of hydrogen-bond donors (Lipinski definition) is 1. The Morgan fingerprint density at radius 2 is 1.76 bits per heavy atom. The van der Waals surface area contributed by atoms with Gasteiger partial charge in [0.1, 0.15) is 19.0 Å². The predicted octanol–water partition coefficient (Wildman–Crippen LogP) is 3.06. The lowest BCUT2D eigenvalue weighted by Gasteiger charge is -2.29. The van der Waals surface area contributed by atoms with Gasteiger partial charge in [0, 0.05) is 0 Å². The largest absolute Gasteiger partial charge is 0.497 e. The average molecular weight is 341 g/mol. The number of nitrogens with one attached hydrogen (secondary N) is 1. The van der Waals surface area contributed by atoms with Gasteiger partial charge in [0.15, 0.2) is 11.5 Å². The standard InChI is InChI=1S/C20H23NO4/c1-20(2,15-6-9-17-18(13-15)25-11-10-24-17)21-19(22)12-14-4-7-16(23-3)8-5-14/h4-9,13H,10-12H2,1-3H3,(H,21,22). The summed E-state index contributed by atoms with van der Waals surface area (Å²) in [6.45, 7) is 5.06. The van der Waals surface area contributed by atoms with Gasteiger partial charge in [-0.3, -0.25) is 4.79 Å². The fraction of sp³-hybridized carbons (Fsp3) is 0.350. The van der Waals surface area contributed by atoms with Crippen LogP contribution in [0.15, 0.2) is 42.5 Å². The smallest absolute Gasteiger partial charge is 0.225 e. The maximum absolute atomic E-state index is 12.4. The van der Waals surface area contributed by atoms with Crippen molar-refractivity contribution in [3.8, 4) is 17.2 Å². The molecule has 0 aromatic heterocycles. The van der Waals surface area contributed by atoms with Crippen LogP contribution in [0.5, 0.6) is 17.2 Å². The first-order valence-electron chi connectivity index (χ1n) is 8.32. The van der Waals surface area contributed by atoms with Crippen molar-refractivity contribution < 1.29 is 19.0 Å². The van der Waals surface area contributed by atoms with E-state index in [1.807, 2.05) is 56.3 Å². The molecule has 0 atom stereocenters. The van der Waals surface area contributed by atoms with Gasteiger partial charge < -0.3 is 19.5 Å². The second kappa shape index (κ2) is 7.05. The molecule has 1 N–H and O–H groups in total. The van der Waals surface area contributed by atoms with Crippen LogP contribution < -0.4 is 19.5 Å². The Balaban J connectivity index is 1.68. The molecule has 0 unspecified atom stereocenters. The van der Waals surface area contributed by atoms with Crippen LogP contribution in [-0.4, -0.2) is 26.2 Å². The summed E-state index contributed by atoms with van der Waals surface area (Å²) in [5.74, 6) is 2.21. The Bertz CT molecular complexity index is 753. The Labute approximate surface area is 147 Å². The lowest BCUT2D eigenvalue weighted by Crippen LogP contribution is -2.41. The van der Waals surface area contributed by atoms with E-state index in [1.54, 1.807) is 7.11 Å². The second-order valence-corrected chi connectivity index (χ2v) is 6.56. The SMILES string of the molecule is COc1ccc(CC(=O)NC(C)(C)c2ccc3c(c2)OCCO3)cc1. The number of benzene rings is 2. The molecule has 25 heavy (non-hydrogen) atoms. The fourth-order valence-electron chi connectivity index (χ4n) is 2.83. The van der Waals surface area contributed by atoms with Crippen LogP contribution in [0.1, 0.15) is 25.0 Å². The van der Waals surface area contributed by atoms with Gasteiger partial charge in [0.05, 0.1) is 19.1 Å². The van der Waals surface area contributed by atoms with Crippen LogP contribution in [0.25, 0.3) is 0 Å². The number of fused-ring (bicyclic) bond motifs is 1. The minimum atomic E-state index is -0.514. The van der Waals surface area contributed by atoms with E-state index in [4.69, 9.17) is 14.2 Å². The zero-order valence-corrected chi connectivity index (χ0v) is 14.8. The number of methoxy groups -OCH3 is 1. The first kappa shape index (κ1) is 17.1. The molecule has 1 heterocycles. The molecule has 2 aromatic carbocycles. The Morgan fingerprint density at radius 1 is 1.08 bits per heavy atom. The van der Waals surface area contributed by atoms with Gasteiger partial charge in [-0.2, -0.15) is 0 Å². The van der Waals surface area contributed by atoms with Crippen LogP contribution >= 0.6 is 0 Å². The molecular formula is C20H23NO4. The lowest BCUT2D eigenvalue weighted by molar-refractivity contribution is -0.122. The van der Waals surface area contributed by atoms with Gasteiger partial charge in [0.25, 0.3) is 0 Å². The predicted molar refractivity (Wildman–Crippen MR) is 95.3 cm³/mol. The third-order valence-corrected chi connectivity index (χ3v) is 4.24. The van der Waals surface area contributed by atoms with Crippen molar-refractivity contribution in [1.82, 2.24) is 5.32 Å². The van der Waals surface area contributed by atoms with Crippen molar-refractivity contribution in [1.29, 1.82) is 0 Å². The minimum absolute atomic E-state index is 0.0370. The summed E-state index contributed by atoms with van der Waals surface area (Å²) >= 11 is 0. The highest BCUT2D eigenvalue weighted by Crippen LogP contribution is 2.34. The number of carbonyl (C=O) groups is 1. The van der Waals surface area contributed by atoms with E-state index in [2.05, 4.69) is 5.32 Å². The number of hydrogen-bond acceptors (Lipinski definition) is 4. The number of ether oxygens (including phenoxy) is 3. The maximum Gasteiger partial charge on any atom is 0.225 e. The lowest BCUT2D eigenvalue weighted by atomic mass is 9.93. The van der Waals surface area contributed by atoms with Gasteiger partial charge in [-0.25, -0.2) is 0 Å². The molecule has 0 fully saturated rings. The van der Waals surface area contributed by atoms with Gasteiger partial charge in [-0.05, 0) is 49.2 Å². The summed E-state index contributed by atoms with van der Waals surface area (Å²) in [6, 6.07) is 13.3. The molecule has 0 saturated heterocycles. The zero-order chi connectivity index (χ0) is 17.9. The van der Waals surface area contributed by atoms with Gasteiger partial charge in [-0.1, -0.05) is 18.2 Å². The van der Waals surface area contributed by atoms with E-state index in [0.29, 0.717) is 19.6 Å². The van der Waals surface area contributed by atoms with E-state index >= 15 is 0 Å². The van der Waals surface area contributed by atoms with E-state index in [-0.39, 0.29) is 5.91 Å². The van der Waals surface area contributed by atoms with E-state index in [0.717, 1.165) is 28.4 Å².